The number of hydrogen-bond donors (Lipinski definition) is 1. The zero-order chi connectivity index (χ0) is 20.4. The van der Waals surface area contributed by atoms with Gasteiger partial charge in [0.2, 0.25) is 0 Å². The van der Waals surface area contributed by atoms with Crippen molar-refractivity contribution in [1.82, 2.24) is 9.78 Å². The van der Waals surface area contributed by atoms with Crippen LogP contribution in [0.15, 0.2) is 65.1 Å². The van der Waals surface area contributed by atoms with Gasteiger partial charge in [0.15, 0.2) is 6.61 Å². The van der Waals surface area contributed by atoms with Crippen molar-refractivity contribution in [3.8, 4) is 5.69 Å². The smallest absolute Gasteiger partial charge is 0.348 e. The van der Waals surface area contributed by atoms with Crippen molar-refractivity contribution in [1.29, 1.82) is 0 Å². The molecule has 0 atom stereocenters. The molecule has 0 spiro atoms. The molecule has 0 aliphatic heterocycles. The second-order valence-electron chi connectivity index (χ2n) is 6.27. The highest BCUT2D eigenvalue weighted by Crippen LogP contribution is 2.30. The Morgan fingerprint density at radius 3 is 2.62 bits per heavy atom. The number of ether oxygens (including phenoxy) is 1. The molecule has 1 N–H and O–H groups in total. The first-order valence-electron chi connectivity index (χ1n) is 8.79. The third kappa shape index (κ3) is 4.08. The first-order chi connectivity index (χ1) is 14.0. The zero-order valence-electron chi connectivity index (χ0n) is 15.4. The maximum atomic E-state index is 12.5. The minimum Gasteiger partial charge on any atom is -0.451 e. The lowest BCUT2D eigenvalue weighted by Crippen LogP contribution is -2.20. The van der Waals surface area contributed by atoms with Crippen LogP contribution >= 0.6 is 27.3 Å². The van der Waals surface area contributed by atoms with Gasteiger partial charge in [-0.15, -0.1) is 11.3 Å². The van der Waals surface area contributed by atoms with Crippen LogP contribution in [0.4, 0.5) is 5.69 Å². The van der Waals surface area contributed by atoms with E-state index in [2.05, 4.69) is 26.3 Å². The van der Waals surface area contributed by atoms with Crippen molar-refractivity contribution < 1.29 is 14.3 Å². The fourth-order valence-electron chi connectivity index (χ4n) is 2.84. The van der Waals surface area contributed by atoms with Gasteiger partial charge in [-0.05, 0) is 53.2 Å². The van der Waals surface area contributed by atoms with Crippen LogP contribution < -0.4 is 5.32 Å². The summed E-state index contributed by atoms with van der Waals surface area (Å²) in [5.74, 6) is -0.939. The van der Waals surface area contributed by atoms with Crippen molar-refractivity contribution in [2.45, 2.75) is 6.92 Å². The van der Waals surface area contributed by atoms with Crippen molar-refractivity contribution >= 4 is 55.0 Å². The number of para-hydroxylation sites is 2. The van der Waals surface area contributed by atoms with Crippen LogP contribution in [0.2, 0.25) is 0 Å². The summed E-state index contributed by atoms with van der Waals surface area (Å²) < 4.78 is 7.77. The van der Waals surface area contributed by atoms with E-state index in [1.165, 1.54) is 11.3 Å². The molecule has 2 aromatic carbocycles. The van der Waals surface area contributed by atoms with Crippen LogP contribution in [0.1, 0.15) is 15.4 Å². The monoisotopic (exact) mass is 469 g/mol. The summed E-state index contributed by atoms with van der Waals surface area (Å²) >= 11 is 4.65. The Balaban J connectivity index is 1.48. The van der Waals surface area contributed by atoms with Crippen molar-refractivity contribution in [3.05, 3.63) is 75.7 Å². The molecule has 1 amide bonds. The van der Waals surface area contributed by atoms with Gasteiger partial charge in [-0.2, -0.15) is 5.10 Å². The van der Waals surface area contributed by atoms with Gasteiger partial charge in [0, 0.05) is 9.86 Å². The highest BCUT2D eigenvalue weighted by Gasteiger charge is 2.19. The van der Waals surface area contributed by atoms with E-state index in [0.29, 0.717) is 10.6 Å². The Labute approximate surface area is 179 Å². The quantitative estimate of drug-likeness (QED) is 0.419. The minimum absolute atomic E-state index is 0.363. The first kappa shape index (κ1) is 19.4. The number of carbonyl (C=O) groups is 2. The van der Waals surface area contributed by atoms with Gasteiger partial charge in [-0.3, -0.25) is 4.79 Å². The van der Waals surface area contributed by atoms with Crippen molar-refractivity contribution in [2.24, 2.45) is 0 Å². The maximum absolute atomic E-state index is 12.5. The van der Waals surface area contributed by atoms with E-state index in [1.54, 1.807) is 12.1 Å². The molecule has 0 unspecified atom stereocenters. The number of halogens is 1. The number of anilines is 1. The van der Waals surface area contributed by atoms with Gasteiger partial charge in [0.1, 0.15) is 9.71 Å². The van der Waals surface area contributed by atoms with Crippen LogP contribution in [0.25, 0.3) is 15.9 Å². The molecule has 0 saturated heterocycles. The molecule has 0 bridgehead atoms. The van der Waals surface area contributed by atoms with Gasteiger partial charge in [-0.25, -0.2) is 9.48 Å². The number of amides is 1. The van der Waals surface area contributed by atoms with Crippen LogP contribution in [0.5, 0.6) is 0 Å². The van der Waals surface area contributed by atoms with E-state index in [-0.39, 0.29) is 6.61 Å². The van der Waals surface area contributed by atoms with Gasteiger partial charge in [-0.1, -0.05) is 30.3 Å². The number of benzene rings is 2. The van der Waals surface area contributed by atoms with Gasteiger partial charge in [0.05, 0.1) is 17.1 Å². The summed E-state index contributed by atoms with van der Waals surface area (Å²) in [6.45, 7) is 1.53. The molecule has 0 fully saturated rings. The first-order valence-corrected chi connectivity index (χ1v) is 10.4. The molecule has 0 aliphatic rings. The number of aromatic nitrogens is 2. The van der Waals surface area contributed by atoms with Crippen LogP contribution in [0.3, 0.4) is 0 Å². The molecule has 4 aromatic rings. The summed E-state index contributed by atoms with van der Waals surface area (Å²) in [4.78, 5) is 25.8. The standard InChI is InChI=1S/C21H16BrN3O3S/c1-13-15-11-18(29-20(15)25(24-13)14-7-3-2-4-8-14)21(27)28-12-19(26)23-17-10-6-5-9-16(17)22/h2-11H,12H2,1H3,(H,23,26). The number of carbonyl (C=O) groups excluding carboxylic acids is 2. The SMILES string of the molecule is Cc1nn(-c2ccccc2)c2sc(C(=O)OCC(=O)Nc3ccccc3Br)cc12. The number of nitrogens with one attached hydrogen (secondary N) is 1. The Bertz CT molecular complexity index is 1200. The van der Waals surface area contributed by atoms with Gasteiger partial charge < -0.3 is 10.1 Å². The largest absolute Gasteiger partial charge is 0.451 e. The summed E-state index contributed by atoms with van der Waals surface area (Å²) in [6.07, 6.45) is 0. The molecule has 8 heteroatoms. The number of rotatable bonds is 5. The van der Waals surface area contributed by atoms with Crippen molar-refractivity contribution in [3.63, 3.8) is 0 Å². The molecule has 6 nitrogen and oxygen atoms in total. The maximum Gasteiger partial charge on any atom is 0.348 e. The van der Waals surface area contributed by atoms with E-state index in [4.69, 9.17) is 4.74 Å². The second kappa shape index (κ2) is 8.18. The van der Waals surface area contributed by atoms with Gasteiger partial charge in [0.25, 0.3) is 5.91 Å². The molecular weight excluding hydrogens is 454 g/mol. The summed E-state index contributed by atoms with van der Waals surface area (Å²) in [5.41, 5.74) is 2.36. The molecule has 0 radical (unpaired) electrons. The molecule has 2 heterocycles. The normalized spacial score (nSPS) is 10.8. The third-order valence-electron chi connectivity index (χ3n) is 4.23. The zero-order valence-corrected chi connectivity index (χ0v) is 17.8. The van der Waals surface area contributed by atoms with E-state index in [1.807, 2.05) is 60.1 Å². The fraction of sp³-hybridized carbons (Fsp3) is 0.0952. The lowest BCUT2D eigenvalue weighted by molar-refractivity contribution is -0.119. The van der Waals surface area contributed by atoms with Gasteiger partial charge >= 0.3 is 5.97 Å². The molecule has 0 aliphatic carbocycles. The third-order valence-corrected chi connectivity index (χ3v) is 6.01. The number of fused-ring (bicyclic) bond motifs is 1. The second-order valence-corrected chi connectivity index (χ2v) is 8.15. The highest BCUT2D eigenvalue weighted by atomic mass is 79.9. The molecular formula is C21H16BrN3O3S. The molecule has 4 rings (SSSR count). The minimum atomic E-state index is -0.535. The number of hydrogen-bond acceptors (Lipinski definition) is 5. The average Bonchev–Trinajstić information content (AvgIpc) is 3.29. The highest BCUT2D eigenvalue weighted by molar-refractivity contribution is 9.10. The number of esters is 1. The topological polar surface area (TPSA) is 73.2 Å². The lowest BCUT2D eigenvalue weighted by atomic mass is 10.3. The Morgan fingerprint density at radius 1 is 1.14 bits per heavy atom. The van der Waals surface area contributed by atoms with Crippen LogP contribution in [-0.4, -0.2) is 28.3 Å². The molecule has 29 heavy (non-hydrogen) atoms. The summed E-state index contributed by atoms with van der Waals surface area (Å²) in [7, 11) is 0. The van der Waals surface area contributed by atoms with E-state index in [0.717, 1.165) is 26.1 Å². The van der Waals surface area contributed by atoms with E-state index >= 15 is 0 Å². The summed E-state index contributed by atoms with van der Waals surface area (Å²) in [5, 5.41) is 8.15. The number of thiophene rings is 1. The van der Waals surface area contributed by atoms with E-state index in [9.17, 15) is 9.59 Å². The Kier molecular flexibility index (Phi) is 5.46. The predicted octanol–water partition coefficient (Wildman–Crippen LogP) is 4.95. The number of nitrogens with zero attached hydrogens (tertiary/aromatic N) is 2. The fourth-order valence-corrected chi connectivity index (χ4v) is 4.30. The average molecular weight is 470 g/mol. The lowest BCUT2D eigenvalue weighted by Gasteiger charge is -2.07. The Hall–Kier alpha value is -2.97. The predicted molar refractivity (Wildman–Crippen MR) is 117 cm³/mol. The molecule has 2 aromatic heterocycles. The molecule has 146 valence electrons. The Morgan fingerprint density at radius 2 is 1.86 bits per heavy atom. The van der Waals surface area contributed by atoms with Crippen LogP contribution in [0, 0.1) is 6.92 Å². The van der Waals surface area contributed by atoms with E-state index < -0.39 is 11.9 Å². The number of aryl methyl sites for hydroxylation is 1. The van der Waals surface area contributed by atoms with Crippen LogP contribution in [-0.2, 0) is 9.53 Å². The molecule has 0 saturated carbocycles. The summed E-state index contributed by atoms with van der Waals surface area (Å²) in [6, 6.07) is 18.7. The van der Waals surface area contributed by atoms with Crippen molar-refractivity contribution in [2.75, 3.05) is 11.9 Å².